The van der Waals surface area contributed by atoms with Crippen molar-refractivity contribution < 1.29 is 25.3 Å². The molecular weight excluding hydrogens is 115 g/mol. The quantitative estimate of drug-likeness (QED) is 0.335. The minimum Gasteiger partial charge on any atom is -0.412 e. The van der Waals surface area contributed by atoms with E-state index in [1.54, 1.807) is 0 Å². The van der Waals surface area contributed by atoms with Crippen LogP contribution in [0.25, 0.3) is 0 Å². The van der Waals surface area contributed by atoms with Crippen LogP contribution in [0.3, 0.4) is 0 Å². The third kappa shape index (κ3) is 39.9. The summed E-state index contributed by atoms with van der Waals surface area (Å²) in [7, 11) is 0.583. The van der Waals surface area contributed by atoms with Crippen molar-refractivity contribution in [1.82, 2.24) is 0 Å². The summed E-state index contributed by atoms with van der Waals surface area (Å²) in [5.74, 6) is 0. The van der Waals surface area contributed by atoms with Gasteiger partial charge in [-0.1, -0.05) is 0 Å². The van der Waals surface area contributed by atoms with Crippen molar-refractivity contribution >= 4 is 7.32 Å². The fourth-order valence-electron chi connectivity index (χ4n) is 0. The third-order valence-electron chi connectivity index (χ3n) is 0.211. The highest BCUT2D eigenvalue weighted by molar-refractivity contribution is 6.32. The van der Waals surface area contributed by atoms with Crippen LogP contribution < -0.4 is 0 Å². The maximum Gasteiger partial charge on any atom is 0.633 e. The molecule has 8 heavy (non-hydrogen) atoms. The third-order valence-corrected chi connectivity index (χ3v) is 0.211. The van der Waals surface area contributed by atoms with Crippen LogP contribution in [-0.4, -0.2) is 42.2 Å². The molecule has 0 bridgehead atoms. The van der Waals surface area contributed by atoms with Gasteiger partial charge in [0.05, 0.1) is 0 Å². The maximum absolute atomic E-state index is 7.69. The van der Waals surface area contributed by atoms with E-state index >= 15 is 0 Å². The van der Waals surface area contributed by atoms with Crippen molar-refractivity contribution in [2.45, 2.75) is 0 Å². The van der Waals surface area contributed by atoms with Gasteiger partial charge < -0.3 is 25.3 Å². The van der Waals surface area contributed by atoms with Crippen LogP contribution >= 0.6 is 0 Å². The first kappa shape index (κ1) is 15.7. The van der Waals surface area contributed by atoms with Crippen LogP contribution in [0.4, 0.5) is 0 Å². The first-order valence-corrected chi connectivity index (χ1v) is 1.61. The summed E-state index contributed by atoms with van der Waals surface area (Å²) in [4.78, 5) is 0. The normalized spacial score (nSPS) is 5.62. The molecule has 0 atom stereocenters. The molecule has 0 aliphatic carbocycles. The molecular formula is C2H11BO5. The van der Waals surface area contributed by atoms with Gasteiger partial charge in [0.2, 0.25) is 0 Å². The second-order valence-corrected chi connectivity index (χ2v) is 0.562. The first-order valence-electron chi connectivity index (χ1n) is 1.61. The standard InChI is InChI=1S/CH5BO3.CH4O.H2O/c1-5-2(3)4;1-2;/h3-4H,1H3;2H,1H3;1H2. The molecule has 0 aromatic rings. The summed E-state index contributed by atoms with van der Waals surface area (Å²) in [5, 5.41) is 22.4. The predicted octanol–water partition coefficient (Wildman–Crippen LogP) is -2.61. The van der Waals surface area contributed by atoms with Crippen LogP contribution in [-0.2, 0) is 4.65 Å². The molecule has 0 aromatic carbocycles. The van der Waals surface area contributed by atoms with Gasteiger partial charge in [-0.05, 0) is 0 Å². The Morgan fingerprint density at radius 3 is 1.38 bits per heavy atom. The molecule has 0 amide bonds. The fraction of sp³-hybridized carbons (Fsp3) is 1.00. The summed E-state index contributed by atoms with van der Waals surface area (Å²) < 4.78 is 3.86. The molecule has 0 fully saturated rings. The number of aliphatic hydroxyl groups excluding tert-OH is 1. The number of hydrogen-bond donors (Lipinski definition) is 3. The highest BCUT2D eigenvalue weighted by atomic mass is 16.6. The van der Waals surface area contributed by atoms with Gasteiger partial charge in [-0.3, -0.25) is 0 Å². The van der Waals surface area contributed by atoms with Gasteiger partial charge in [0.25, 0.3) is 0 Å². The molecule has 0 saturated carbocycles. The van der Waals surface area contributed by atoms with Crippen LogP contribution in [0.15, 0.2) is 0 Å². The number of aliphatic hydroxyl groups is 1. The second kappa shape index (κ2) is 15.8. The molecule has 0 rings (SSSR count). The molecule has 0 heterocycles. The monoisotopic (exact) mass is 126 g/mol. The van der Waals surface area contributed by atoms with Crippen molar-refractivity contribution in [1.29, 1.82) is 0 Å². The van der Waals surface area contributed by atoms with Crippen LogP contribution in [0, 0.1) is 0 Å². The van der Waals surface area contributed by atoms with Crippen molar-refractivity contribution in [2.75, 3.05) is 14.2 Å². The van der Waals surface area contributed by atoms with Gasteiger partial charge in [0.1, 0.15) is 0 Å². The van der Waals surface area contributed by atoms with Crippen LogP contribution in [0.5, 0.6) is 0 Å². The number of rotatable bonds is 1. The van der Waals surface area contributed by atoms with E-state index in [4.69, 9.17) is 15.2 Å². The average molecular weight is 126 g/mol. The van der Waals surface area contributed by atoms with Gasteiger partial charge in [0.15, 0.2) is 0 Å². The molecule has 0 aliphatic rings. The van der Waals surface area contributed by atoms with Crippen LogP contribution in [0.1, 0.15) is 0 Å². The molecule has 0 spiro atoms. The maximum atomic E-state index is 7.69. The Bertz CT molecular complexity index is 24.4. The van der Waals surface area contributed by atoms with E-state index in [0.29, 0.717) is 0 Å². The Balaban J connectivity index is -0.0000000750. The summed E-state index contributed by atoms with van der Waals surface area (Å²) >= 11 is 0. The van der Waals surface area contributed by atoms with E-state index in [1.165, 1.54) is 7.11 Å². The minimum atomic E-state index is -1.62. The molecule has 0 aromatic heterocycles. The van der Waals surface area contributed by atoms with Crippen LogP contribution in [0.2, 0.25) is 0 Å². The lowest BCUT2D eigenvalue weighted by atomic mass is 10.3. The Morgan fingerprint density at radius 2 is 1.38 bits per heavy atom. The Hall–Kier alpha value is -0.135. The van der Waals surface area contributed by atoms with Gasteiger partial charge in [0, 0.05) is 14.2 Å². The molecule has 0 aliphatic heterocycles. The van der Waals surface area contributed by atoms with Gasteiger partial charge in [-0.2, -0.15) is 0 Å². The smallest absolute Gasteiger partial charge is 0.412 e. The summed E-state index contributed by atoms with van der Waals surface area (Å²) in [6.07, 6.45) is 0. The zero-order valence-electron chi connectivity index (χ0n) is 4.83. The zero-order valence-corrected chi connectivity index (χ0v) is 4.83. The van der Waals surface area contributed by atoms with Gasteiger partial charge in [-0.15, -0.1) is 0 Å². The minimum absolute atomic E-state index is 0. The predicted molar refractivity (Wildman–Crippen MR) is 29.0 cm³/mol. The lowest BCUT2D eigenvalue weighted by Gasteiger charge is -1.84. The largest absolute Gasteiger partial charge is 0.633 e. The van der Waals surface area contributed by atoms with E-state index in [2.05, 4.69) is 4.65 Å². The van der Waals surface area contributed by atoms with Crippen molar-refractivity contribution in [3.8, 4) is 0 Å². The molecule has 5 N–H and O–H groups in total. The fourth-order valence-corrected chi connectivity index (χ4v) is 0. The lowest BCUT2D eigenvalue weighted by Crippen LogP contribution is -2.12. The van der Waals surface area contributed by atoms with E-state index in [9.17, 15) is 0 Å². The summed E-state index contributed by atoms with van der Waals surface area (Å²) in [6, 6.07) is 0. The van der Waals surface area contributed by atoms with E-state index in [0.717, 1.165) is 7.11 Å². The average Bonchev–Trinajstić information content (AvgIpc) is 1.73. The lowest BCUT2D eigenvalue weighted by molar-refractivity contribution is 0.229. The van der Waals surface area contributed by atoms with Crippen molar-refractivity contribution in [3.63, 3.8) is 0 Å². The Morgan fingerprint density at radius 1 is 1.25 bits per heavy atom. The first-order chi connectivity index (χ1) is 3.27. The van der Waals surface area contributed by atoms with E-state index in [-0.39, 0.29) is 5.48 Å². The molecule has 0 saturated heterocycles. The SMILES string of the molecule is CO.COB(O)O.O. The molecule has 0 unspecified atom stereocenters. The zero-order chi connectivity index (χ0) is 6.28. The Labute approximate surface area is 48.0 Å². The Kier molecular flexibility index (Phi) is 30.9. The summed E-state index contributed by atoms with van der Waals surface area (Å²) in [6.45, 7) is 0. The highest BCUT2D eigenvalue weighted by Crippen LogP contribution is 1.59. The second-order valence-electron chi connectivity index (χ2n) is 0.562. The molecule has 6 heteroatoms. The number of hydrogen-bond acceptors (Lipinski definition) is 4. The van der Waals surface area contributed by atoms with Crippen molar-refractivity contribution in [3.05, 3.63) is 0 Å². The summed E-state index contributed by atoms with van der Waals surface area (Å²) in [5.41, 5.74) is 0. The van der Waals surface area contributed by atoms with Crippen molar-refractivity contribution in [2.24, 2.45) is 0 Å². The van der Waals surface area contributed by atoms with E-state index < -0.39 is 7.32 Å². The topological polar surface area (TPSA) is 101 Å². The van der Waals surface area contributed by atoms with Gasteiger partial charge in [-0.25, -0.2) is 0 Å². The molecule has 52 valence electrons. The van der Waals surface area contributed by atoms with E-state index in [1.807, 2.05) is 0 Å². The van der Waals surface area contributed by atoms with Gasteiger partial charge >= 0.3 is 7.32 Å². The molecule has 0 radical (unpaired) electrons. The highest BCUT2D eigenvalue weighted by Gasteiger charge is 2.00. The molecule has 5 nitrogen and oxygen atoms in total.